The Hall–Kier alpha value is -2.33. The SMILES string of the molecule is C=N/C(=C\SCc1c[nH]c2ncccc12)c1ccccc1. The lowest BCUT2D eigenvalue weighted by molar-refractivity contribution is 1.32. The van der Waals surface area contributed by atoms with Crippen LogP contribution >= 0.6 is 11.8 Å². The first-order chi connectivity index (χ1) is 10.4. The summed E-state index contributed by atoms with van der Waals surface area (Å²) in [5.74, 6) is 0.873. The van der Waals surface area contributed by atoms with E-state index in [1.807, 2.05) is 42.6 Å². The van der Waals surface area contributed by atoms with Gasteiger partial charge >= 0.3 is 0 Å². The van der Waals surface area contributed by atoms with E-state index in [9.17, 15) is 0 Å². The lowest BCUT2D eigenvalue weighted by Crippen LogP contribution is -1.80. The summed E-state index contributed by atoms with van der Waals surface area (Å²) in [6.07, 6.45) is 3.81. The molecule has 0 spiro atoms. The number of nitrogens with zero attached hydrogens (tertiary/aromatic N) is 2. The van der Waals surface area contributed by atoms with E-state index in [1.165, 1.54) is 10.9 Å². The molecule has 0 amide bonds. The van der Waals surface area contributed by atoms with Gasteiger partial charge in [-0.1, -0.05) is 30.3 Å². The molecule has 4 heteroatoms. The predicted octanol–water partition coefficient (Wildman–Crippen LogP) is 4.50. The fraction of sp³-hybridized carbons (Fsp3) is 0.0588. The first-order valence-corrected chi connectivity index (χ1v) is 7.68. The fourth-order valence-electron chi connectivity index (χ4n) is 2.15. The van der Waals surface area contributed by atoms with Crippen LogP contribution in [0.2, 0.25) is 0 Å². The zero-order valence-electron chi connectivity index (χ0n) is 11.5. The van der Waals surface area contributed by atoms with Crippen LogP contribution in [0.3, 0.4) is 0 Å². The van der Waals surface area contributed by atoms with Gasteiger partial charge in [-0.05, 0) is 29.8 Å². The molecule has 3 nitrogen and oxygen atoms in total. The third-order valence-electron chi connectivity index (χ3n) is 3.21. The van der Waals surface area contributed by atoms with E-state index < -0.39 is 0 Å². The standard InChI is InChI=1S/C17H15N3S/c1-18-16(13-6-3-2-4-7-13)12-21-11-14-10-20-17-15(14)8-5-9-19-17/h2-10,12H,1,11H2,(H,19,20)/b16-12-. The number of hydrogen-bond acceptors (Lipinski definition) is 3. The number of thioether (sulfide) groups is 1. The Morgan fingerprint density at radius 2 is 2.10 bits per heavy atom. The van der Waals surface area contributed by atoms with Gasteiger partial charge in [0.15, 0.2) is 0 Å². The Balaban J connectivity index is 1.75. The summed E-state index contributed by atoms with van der Waals surface area (Å²) in [4.78, 5) is 11.6. The Morgan fingerprint density at radius 3 is 2.90 bits per heavy atom. The molecule has 104 valence electrons. The molecule has 0 radical (unpaired) electrons. The number of nitrogens with one attached hydrogen (secondary N) is 1. The molecule has 0 bridgehead atoms. The van der Waals surface area contributed by atoms with Crippen LogP contribution in [-0.2, 0) is 5.75 Å². The van der Waals surface area contributed by atoms with E-state index in [4.69, 9.17) is 0 Å². The average molecular weight is 293 g/mol. The van der Waals surface area contributed by atoms with Crippen LogP contribution < -0.4 is 0 Å². The zero-order chi connectivity index (χ0) is 14.5. The second-order valence-electron chi connectivity index (χ2n) is 4.55. The smallest absolute Gasteiger partial charge is 0.137 e. The third kappa shape index (κ3) is 3.06. The number of fused-ring (bicyclic) bond motifs is 1. The van der Waals surface area contributed by atoms with Crippen LogP contribution in [0.4, 0.5) is 0 Å². The van der Waals surface area contributed by atoms with Crippen molar-refractivity contribution in [2.75, 3.05) is 0 Å². The molecule has 2 heterocycles. The third-order valence-corrected chi connectivity index (χ3v) is 4.08. The number of rotatable bonds is 5. The highest BCUT2D eigenvalue weighted by Crippen LogP contribution is 2.25. The second-order valence-corrected chi connectivity index (χ2v) is 5.41. The molecule has 1 aromatic carbocycles. The van der Waals surface area contributed by atoms with Crippen LogP contribution in [0.1, 0.15) is 11.1 Å². The number of hydrogen-bond donors (Lipinski definition) is 1. The lowest BCUT2D eigenvalue weighted by Gasteiger charge is -2.01. The molecular formula is C17H15N3S. The highest BCUT2D eigenvalue weighted by atomic mass is 32.2. The number of H-pyrrole nitrogens is 1. The van der Waals surface area contributed by atoms with Crippen LogP contribution in [-0.4, -0.2) is 16.7 Å². The molecule has 0 saturated heterocycles. The van der Waals surface area contributed by atoms with Crippen LogP contribution in [0, 0.1) is 0 Å². The van der Waals surface area contributed by atoms with Crippen molar-refractivity contribution < 1.29 is 0 Å². The van der Waals surface area contributed by atoms with E-state index in [0.29, 0.717) is 0 Å². The molecule has 1 N–H and O–H groups in total. The van der Waals surface area contributed by atoms with Crippen molar-refractivity contribution in [3.05, 3.63) is 71.4 Å². The monoisotopic (exact) mass is 293 g/mol. The number of benzene rings is 1. The van der Waals surface area contributed by atoms with E-state index in [-0.39, 0.29) is 0 Å². The van der Waals surface area contributed by atoms with Gasteiger partial charge in [0.1, 0.15) is 5.65 Å². The molecule has 0 aliphatic heterocycles. The number of aromatic amines is 1. The average Bonchev–Trinajstić information content (AvgIpc) is 2.96. The summed E-state index contributed by atoms with van der Waals surface area (Å²) < 4.78 is 0. The summed E-state index contributed by atoms with van der Waals surface area (Å²) in [5.41, 5.74) is 4.16. The zero-order valence-corrected chi connectivity index (χ0v) is 12.3. The summed E-state index contributed by atoms with van der Waals surface area (Å²) in [7, 11) is 0. The maximum atomic E-state index is 4.30. The van der Waals surface area contributed by atoms with Gasteiger partial charge in [0.05, 0.1) is 5.70 Å². The molecule has 0 aliphatic rings. The summed E-state index contributed by atoms with van der Waals surface area (Å²) in [6, 6.07) is 14.1. The molecule has 3 rings (SSSR count). The molecule has 3 aromatic rings. The normalized spacial score (nSPS) is 11.7. The quantitative estimate of drug-likeness (QED) is 0.704. The summed E-state index contributed by atoms with van der Waals surface area (Å²) >= 11 is 1.71. The topological polar surface area (TPSA) is 41.0 Å². The highest BCUT2D eigenvalue weighted by molar-refractivity contribution is 8.01. The van der Waals surface area contributed by atoms with E-state index in [2.05, 4.69) is 33.2 Å². The van der Waals surface area contributed by atoms with Crippen molar-refractivity contribution in [1.82, 2.24) is 9.97 Å². The van der Waals surface area contributed by atoms with Gasteiger partial charge in [-0.15, -0.1) is 11.8 Å². The van der Waals surface area contributed by atoms with Gasteiger partial charge in [0, 0.05) is 29.1 Å². The van der Waals surface area contributed by atoms with Crippen molar-refractivity contribution in [2.24, 2.45) is 4.99 Å². The van der Waals surface area contributed by atoms with Crippen molar-refractivity contribution in [2.45, 2.75) is 5.75 Å². The minimum atomic E-state index is 0.873. The van der Waals surface area contributed by atoms with Crippen LogP contribution in [0.5, 0.6) is 0 Å². The summed E-state index contributed by atoms with van der Waals surface area (Å²) in [5, 5.41) is 3.23. The maximum absolute atomic E-state index is 4.30. The number of pyridine rings is 1. The largest absolute Gasteiger partial charge is 0.346 e. The molecule has 0 aliphatic carbocycles. The van der Waals surface area contributed by atoms with Gasteiger partial charge in [-0.3, -0.25) is 4.99 Å². The lowest BCUT2D eigenvalue weighted by atomic mass is 10.2. The predicted molar refractivity (Wildman–Crippen MR) is 91.4 cm³/mol. The van der Waals surface area contributed by atoms with Gasteiger partial charge < -0.3 is 4.98 Å². The minimum absolute atomic E-state index is 0.873. The van der Waals surface area contributed by atoms with Crippen molar-refractivity contribution in [1.29, 1.82) is 0 Å². The first-order valence-electron chi connectivity index (χ1n) is 6.63. The van der Waals surface area contributed by atoms with Crippen LogP contribution in [0.25, 0.3) is 16.7 Å². The van der Waals surface area contributed by atoms with Gasteiger partial charge in [0.2, 0.25) is 0 Å². The highest BCUT2D eigenvalue weighted by Gasteiger charge is 2.04. The van der Waals surface area contributed by atoms with E-state index >= 15 is 0 Å². The second kappa shape index (κ2) is 6.41. The maximum Gasteiger partial charge on any atom is 0.137 e. The fourth-order valence-corrected chi connectivity index (χ4v) is 3.02. The Kier molecular flexibility index (Phi) is 4.17. The van der Waals surface area contributed by atoms with Crippen molar-refractivity contribution in [3.63, 3.8) is 0 Å². The molecule has 0 unspecified atom stereocenters. The van der Waals surface area contributed by atoms with Crippen molar-refractivity contribution in [3.8, 4) is 0 Å². The molecule has 0 saturated carbocycles. The summed E-state index contributed by atoms with van der Waals surface area (Å²) in [6.45, 7) is 3.66. The van der Waals surface area contributed by atoms with Crippen LogP contribution in [0.15, 0.2) is 65.3 Å². The molecule has 21 heavy (non-hydrogen) atoms. The van der Waals surface area contributed by atoms with Gasteiger partial charge in [0.25, 0.3) is 0 Å². The molecule has 2 aromatic heterocycles. The Bertz CT molecular complexity index is 775. The van der Waals surface area contributed by atoms with Crippen molar-refractivity contribution >= 4 is 35.2 Å². The number of aliphatic imine (C=N–C) groups is 1. The van der Waals surface area contributed by atoms with E-state index in [0.717, 1.165) is 22.7 Å². The van der Waals surface area contributed by atoms with Gasteiger partial charge in [-0.25, -0.2) is 4.98 Å². The van der Waals surface area contributed by atoms with E-state index in [1.54, 1.807) is 18.0 Å². The molecular weight excluding hydrogens is 278 g/mol. The minimum Gasteiger partial charge on any atom is -0.346 e. The first kappa shape index (κ1) is 13.6. The Labute approximate surface area is 127 Å². The molecule has 0 fully saturated rings. The van der Waals surface area contributed by atoms with Gasteiger partial charge in [-0.2, -0.15) is 0 Å². The molecule has 0 atom stereocenters. The Morgan fingerprint density at radius 1 is 1.24 bits per heavy atom. The number of aromatic nitrogens is 2.